The maximum Gasteiger partial charge on any atom is 0.224 e. The van der Waals surface area contributed by atoms with Crippen molar-refractivity contribution in [1.82, 2.24) is 4.98 Å². The van der Waals surface area contributed by atoms with Crippen LogP contribution in [0, 0.1) is 0 Å². The molecule has 3 nitrogen and oxygen atoms in total. The van der Waals surface area contributed by atoms with E-state index in [1.54, 1.807) is 24.5 Å². The Balaban J connectivity index is 2.58. The number of pyridine rings is 1. The smallest absolute Gasteiger partial charge is 0.224 e. The number of anilines is 1. The number of nitrogens with one attached hydrogen (secondary N) is 1. The summed E-state index contributed by atoms with van der Waals surface area (Å²) in [6.07, 6.45) is 3.79. The number of hydrogen-bond acceptors (Lipinski definition) is 2. The van der Waals surface area contributed by atoms with Gasteiger partial charge in [-0.25, -0.2) is 0 Å². The fourth-order valence-electron chi connectivity index (χ4n) is 0.685. The van der Waals surface area contributed by atoms with E-state index < -0.39 is 0 Å². The maximum absolute atomic E-state index is 10.8. The summed E-state index contributed by atoms with van der Waals surface area (Å²) in [5, 5.41) is 2.71. The van der Waals surface area contributed by atoms with Gasteiger partial charge in [0.2, 0.25) is 5.91 Å². The Labute approximate surface area is 65.5 Å². The molecule has 0 spiro atoms. The first-order valence-corrected chi connectivity index (χ1v) is 3.53. The van der Waals surface area contributed by atoms with Crippen molar-refractivity contribution < 1.29 is 4.79 Å². The minimum Gasteiger partial charge on any atom is -0.326 e. The van der Waals surface area contributed by atoms with Crippen molar-refractivity contribution in [2.45, 2.75) is 13.3 Å². The highest BCUT2D eigenvalue weighted by molar-refractivity contribution is 5.90. The standard InChI is InChI=1S/C8H10N2O/c1-2-8(11)10-7-3-5-9-6-4-7/h3-6H,2H2,1H3,(H,9,10,11). The van der Waals surface area contributed by atoms with E-state index in [4.69, 9.17) is 0 Å². The number of aromatic nitrogens is 1. The normalized spacial score (nSPS) is 9.18. The van der Waals surface area contributed by atoms with E-state index in [1.807, 2.05) is 6.92 Å². The molecule has 0 fully saturated rings. The molecule has 1 rings (SSSR count). The van der Waals surface area contributed by atoms with Gasteiger partial charge in [-0.2, -0.15) is 0 Å². The highest BCUT2D eigenvalue weighted by Crippen LogP contribution is 2.02. The summed E-state index contributed by atoms with van der Waals surface area (Å²) >= 11 is 0. The minimum absolute atomic E-state index is 0.0243. The molecule has 0 unspecified atom stereocenters. The first-order valence-electron chi connectivity index (χ1n) is 3.53. The molecule has 0 aliphatic heterocycles. The third-order valence-electron chi connectivity index (χ3n) is 1.29. The van der Waals surface area contributed by atoms with Gasteiger partial charge < -0.3 is 5.32 Å². The van der Waals surface area contributed by atoms with Gasteiger partial charge >= 0.3 is 0 Å². The van der Waals surface area contributed by atoms with Gasteiger partial charge in [-0.05, 0) is 12.1 Å². The van der Waals surface area contributed by atoms with E-state index in [1.165, 1.54) is 0 Å². The molecule has 0 bridgehead atoms. The number of nitrogens with zero attached hydrogens (tertiary/aromatic N) is 1. The molecular formula is C8H10N2O. The van der Waals surface area contributed by atoms with E-state index in [0.717, 1.165) is 5.69 Å². The summed E-state index contributed by atoms with van der Waals surface area (Å²) in [4.78, 5) is 14.7. The van der Waals surface area contributed by atoms with Crippen molar-refractivity contribution in [3.8, 4) is 0 Å². The quantitative estimate of drug-likeness (QED) is 0.692. The van der Waals surface area contributed by atoms with Crippen LogP contribution in [0.1, 0.15) is 13.3 Å². The first kappa shape index (κ1) is 7.72. The summed E-state index contributed by atoms with van der Waals surface area (Å²) in [5.41, 5.74) is 0.798. The molecule has 0 aliphatic carbocycles. The number of carbonyl (C=O) groups is 1. The molecule has 1 N–H and O–H groups in total. The van der Waals surface area contributed by atoms with Crippen LogP contribution in [-0.2, 0) is 4.79 Å². The van der Waals surface area contributed by atoms with Crippen LogP contribution in [0.3, 0.4) is 0 Å². The second-order valence-electron chi connectivity index (χ2n) is 2.14. The molecule has 0 radical (unpaired) electrons. The molecule has 1 amide bonds. The zero-order valence-electron chi connectivity index (χ0n) is 6.37. The van der Waals surface area contributed by atoms with Crippen molar-refractivity contribution in [3.05, 3.63) is 24.5 Å². The van der Waals surface area contributed by atoms with E-state index in [-0.39, 0.29) is 5.91 Å². The molecule has 58 valence electrons. The third kappa shape index (κ3) is 2.37. The van der Waals surface area contributed by atoms with Gasteiger partial charge in [-0.3, -0.25) is 9.78 Å². The SMILES string of the molecule is CCC(=O)Nc1ccncc1. The summed E-state index contributed by atoms with van der Waals surface area (Å²) in [7, 11) is 0. The molecular weight excluding hydrogens is 140 g/mol. The van der Waals surface area contributed by atoms with Crippen molar-refractivity contribution >= 4 is 11.6 Å². The molecule has 1 aromatic heterocycles. The molecule has 0 saturated heterocycles. The van der Waals surface area contributed by atoms with Crippen LogP contribution in [0.15, 0.2) is 24.5 Å². The third-order valence-corrected chi connectivity index (χ3v) is 1.29. The van der Waals surface area contributed by atoms with Crippen LogP contribution in [0.4, 0.5) is 5.69 Å². The Bertz CT molecular complexity index is 233. The largest absolute Gasteiger partial charge is 0.326 e. The van der Waals surface area contributed by atoms with Gasteiger partial charge in [0.1, 0.15) is 0 Å². The fraction of sp³-hybridized carbons (Fsp3) is 0.250. The lowest BCUT2D eigenvalue weighted by molar-refractivity contribution is -0.115. The zero-order valence-corrected chi connectivity index (χ0v) is 6.37. The van der Waals surface area contributed by atoms with Gasteiger partial charge in [0.15, 0.2) is 0 Å². The zero-order chi connectivity index (χ0) is 8.10. The topological polar surface area (TPSA) is 42.0 Å². The molecule has 11 heavy (non-hydrogen) atoms. The van der Waals surface area contributed by atoms with Gasteiger partial charge in [0, 0.05) is 24.5 Å². The van der Waals surface area contributed by atoms with Crippen LogP contribution in [0.2, 0.25) is 0 Å². The second-order valence-corrected chi connectivity index (χ2v) is 2.14. The maximum atomic E-state index is 10.8. The Morgan fingerprint density at radius 3 is 2.73 bits per heavy atom. The van der Waals surface area contributed by atoms with E-state index in [2.05, 4.69) is 10.3 Å². The molecule has 1 heterocycles. The predicted molar refractivity (Wildman–Crippen MR) is 43.2 cm³/mol. The highest BCUT2D eigenvalue weighted by Gasteiger charge is 1.95. The molecule has 0 aliphatic rings. The van der Waals surface area contributed by atoms with Crippen molar-refractivity contribution in [3.63, 3.8) is 0 Å². The van der Waals surface area contributed by atoms with Crippen LogP contribution >= 0.6 is 0 Å². The second kappa shape index (κ2) is 3.71. The summed E-state index contributed by atoms with van der Waals surface area (Å²) in [5.74, 6) is 0.0243. The average Bonchev–Trinajstić information content (AvgIpc) is 2.06. The lowest BCUT2D eigenvalue weighted by Gasteiger charge is -2.00. The van der Waals surface area contributed by atoms with Crippen LogP contribution in [0.5, 0.6) is 0 Å². The van der Waals surface area contributed by atoms with Gasteiger partial charge in [0.25, 0.3) is 0 Å². The number of rotatable bonds is 2. The van der Waals surface area contributed by atoms with Crippen LogP contribution < -0.4 is 5.32 Å². The lowest BCUT2D eigenvalue weighted by Crippen LogP contribution is -2.08. The van der Waals surface area contributed by atoms with E-state index in [9.17, 15) is 4.79 Å². The highest BCUT2D eigenvalue weighted by atomic mass is 16.1. The van der Waals surface area contributed by atoms with Crippen molar-refractivity contribution in [2.75, 3.05) is 5.32 Å². The van der Waals surface area contributed by atoms with Crippen molar-refractivity contribution in [2.24, 2.45) is 0 Å². The average molecular weight is 150 g/mol. The van der Waals surface area contributed by atoms with Gasteiger partial charge in [0.05, 0.1) is 0 Å². The van der Waals surface area contributed by atoms with Crippen LogP contribution in [0.25, 0.3) is 0 Å². The minimum atomic E-state index is 0.0243. The lowest BCUT2D eigenvalue weighted by atomic mass is 10.4. The molecule has 3 heteroatoms. The number of amides is 1. The predicted octanol–water partition coefficient (Wildman–Crippen LogP) is 1.43. The Hall–Kier alpha value is -1.38. The van der Waals surface area contributed by atoms with E-state index >= 15 is 0 Å². The number of hydrogen-bond donors (Lipinski definition) is 1. The molecule has 1 aromatic rings. The number of carbonyl (C=O) groups excluding carboxylic acids is 1. The van der Waals surface area contributed by atoms with Gasteiger partial charge in [-0.15, -0.1) is 0 Å². The Morgan fingerprint density at radius 2 is 2.18 bits per heavy atom. The molecule has 0 saturated carbocycles. The Morgan fingerprint density at radius 1 is 1.55 bits per heavy atom. The summed E-state index contributed by atoms with van der Waals surface area (Å²) in [6.45, 7) is 1.82. The first-order chi connectivity index (χ1) is 5.33. The summed E-state index contributed by atoms with van der Waals surface area (Å²) < 4.78 is 0. The Kier molecular flexibility index (Phi) is 2.60. The van der Waals surface area contributed by atoms with Gasteiger partial charge in [-0.1, -0.05) is 6.92 Å². The van der Waals surface area contributed by atoms with E-state index in [0.29, 0.717) is 6.42 Å². The van der Waals surface area contributed by atoms with Crippen molar-refractivity contribution in [1.29, 1.82) is 0 Å². The fourth-order valence-corrected chi connectivity index (χ4v) is 0.685. The molecule has 0 atom stereocenters. The monoisotopic (exact) mass is 150 g/mol. The summed E-state index contributed by atoms with van der Waals surface area (Å²) in [6, 6.07) is 3.52. The molecule has 0 aromatic carbocycles. The van der Waals surface area contributed by atoms with Crippen LogP contribution in [-0.4, -0.2) is 10.9 Å².